The minimum atomic E-state index is -1.16. The van der Waals surface area contributed by atoms with Gasteiger partial charge >= 0.3 is 11.9 Å². The number of ether oxygens (including phenoxy) is 1. The van der Waals surface area contributed by atoms with E-state index in [4.69, 9.17) is 9.84 Å². The molecule has 0 saturated carbocycles. The minimum Gasteiger partial charge on any atom is -0.476 e. The molecule has 3 heterocycles. The molecule has 1 atom stereocenters. The molecule has 11 heteroatoms. The smallest absolute Gasteiger partial charge is 0.358 e. The number of benzene rings is 2. The lowest BCUT2D eigenvalue weighted by Gasteiger charge is -2.24. The summed E-state index contributed by atoms with van der Waals surface area (Å²) >= 11 is 1.24. The Labute approximate surface area is 214 Å². The molecule has 2 aromatic carbocycles. The number of aromatic carboxylic acids is 1. The van der Waals surface area contributed by atoms with Gasteiger partial charge in [0.05, 0.1) is 40.3 Å². The van der Waals surface area contributed by atoms with Gasteiger partial charge in [-0.2, -0.15) is 0 Å². The molecule has 1 aliphatic heterocycles. The van der Waals surface area contributed by atoms with Crippen molar-refractivity contribution in [2.45, 2.75) is 19.9 Å². The number of allylic oxidation sites excluding steroid dienone is 1. The second kappa shape index (κ2) is 9.78. The van der Waals surface area contributed by atoms with Gasteiger partial charge in [0, 0.05) is 0 Å². The van der Waals surface area contributed by atoms with Gasteiger partial charge in [-0.15, -0.1) is 5.10 Å². The number of carboxylic acid groups (broad SMARTS) is 1. The Kier molecular flexibility index (Phi) is 6.36. The van der Waals surface area contributed by atoms with E-state index in [1.165, 1.54) is 22.2 Å². The maximum Gasteiger partial charge on any atom is 0.358 e. The molecule has 0 fully saturated rings. The van der Waals surface area contributed by atoms with Crippen LogP contribution in [0.2, 0.25) is 0 Å². The fourth-order valence-electron chi connectivity index (χ4n) is 4.10. The zero-order valence-electron chi connectivity index (χ0n) is 19.9. The van der Waals surface area contributed by atoms with E-state index in [1.807, 2.05) is 30.3 Å². The van der Waals surface area contributed by atoms with E-state index in [9.17, 15) is 14.4 Å². The summed E-state index contributed by atoms with van der Waals surface area (Å²) in [6.07, 6.45) is 3.07. The molecule has 186 valence electrons. The highest BCUT2D eigenvalue weighted by Crippen LogP contribution is 2.30. The van der Waals surface area contributed by atoms with Crippen LogP contribution in [0.3, 0.4) is 0 Å². The first-order valence-electron chi connectivity index (χ1n) is 11.4. The van der Waals surface area contributed by atoms with Crippen LogP contribution in [0, 0.1) is 0 Å². The van der Waals surface area contributed by atoms with E-state index in [-0.39, 0.29) is 17.9 Å². The number of aromatic nitrogens is 4. The van der Waals surface area contributed by atoms with Crippen LogP contribution in [0.1, 0.15) is 41.5 Å². The first-order valence-corrected chi connectivity index (χ1v) is 12.2. The van der Waals surface area contributed by atoms with Crippen molar-refractivity contribution in [1.82, 2.24) is 19.6 Å². The van der Waals surface area contributed by atoms with E-state index in [2.05, 4.69) is 15.3 Å². The van der Waals surface area contributed by atoms with Crippen LogP contribution in [0.4, 0.5) is 0 Å². The summed E-state index contributed by atoms with van der Waals surface area (Å²) < 4.78 is 8.67. The van der Waals surface area contributed by atoms with E-state index >= 15 is 0 Å². The van der Waals surface area contributed by atoms with Gasteiger partial charge in [0.15, 0.2) is 10.5 Å². The second-order valence-corrected chi connectivity index (χ2v) is 9.17. The Morgan fingerprint density at radius 2 is 1.86 bits per heavy atom. The number of carbonyl (C=O) groups is 2. The topological polar surface area (TPSA) is 129 Å². The molecule has 37 heavy (non-hydrogen) atoms. The minimum absolute atomic E-state index is 0.157. The quantitative estimate of drug-likeness (QED) is 0.389. The zero-order chi connectivity index (χ0) is 26.1. The molecular formula is C26H21N5O5S. The second-order valence-electron chi connectivity index (χ2n) is 8.16. The van der Waals surface area contributed by atoms with E-state index in [0.29, 0.717) is 26.3 Å². The fraction of sp³-hybridized carbons (Fsp3) is 0.154. The molecule has 5 rings (SSSR count). The number of carboxylic acids is 1. The Morgan fingerprint density at radius 1 is 1.14 bits per heavy atom. The maximum atomic E-state index is 13.6. The van der Waals surface area contributed by atoms with Crippen LogP contribution >= 0.6 is 11.3 Å². The summed E-state index contributed by atoms with van der Waals surface area (Å²) in [5.74, 6) is -1.66. The highest BCUT2D eigenvalue weighted by molar-refractivity contribution is 7.07. The number of hydrogen-bond acceptors (Lipinski definition) is 8. The van der Waals surface area contributed by atoms with Gasteiger partial charge in [0.1, 0.15) is 0 Å². The Hall–Kier alpha value is -4.64. The van der Waals surface area contributed by atoms with Crippen molar-refractivity contribution in [3.63, 3.8) is 0 Å². The first kappa shape index (κ1) is 24.1. The third-order valence-corrected chi connectivity index (χ3v) is 6.78. The largest absolute Gasteiger partial charge is 0.476 e. The lowest BCUT2D eigenvalue weighted by atomic mass is 9.96. The van der Waals surface area contributed by atoms with E-state index in [1.54, 1.807) is 48.8 Å². The number of fused-ring (bicyclic) bond motifs is 1. The van der Waals surface area contributed by atoms with E-state index in [0.717, 1.165) is 11.1 Å². The molecule has 1 aliphatic rings. The van der Waals surface area contributed by atoms with Crippen LogP contribution in [0.15, 0.2) is 81.9 Å². The van der Waals surface area contributed by atoms with Crippen LogP contribution in [-0.4, -0.2) is 43.2 Å². The molecular weight excluding hydrogens is 494 g/mol. The molecule has 0 amide bonds. The first-order chi connectivity index (χ1) is 17.9. The number of esters is 1. The highest BCUT2D eigenvalue weighted by Gasteiger charge is 2.33. The van der Waals surface area contributed by atoms with Crippen molar-refractivity contribution >= 4 is 29.4 Å². The molecule has 1 unspecified atom stereocenters. The van der Waals surface area contributed by atoms with Crippen LogP contribution in [0.25, 0.3) is 11.8 Å². The van der Waals surface area contributed by atoms with Gasteiger partial charge in [-0.25, -0.2) is 19.3 Å². The lowest BCUT2D eigenvalue weighted by Crippen LogP contribution is -2.39. The zero-order valence-corrected chi connectivity index (χ0v) is 20.7. The van der Waals surface area contributed by atoms with Gasteiger partial charge in [-0.1, -0.05) is 59.0 Å². The molecule has 2 aromatic heterocycles. The summed E-state index contributed by atoms with van der Waals surface area (Å²) in [4.78, 5) is 42.6. The highest BCUT2D eigenvalue weighted by atomic mass is 32.1. The van der Waals surface area contributed by atoms with Crippen molar-refractivity contribution < 1.29 is 19.4 Å². The predicted octanol–water partition coefficient (Wildman–Crippen LogP) is 2.08. The summed E-state index contributed by atoms with van der Waals surface area (Å²) in [6, 6.07) is 15.8. The molecule has 0 spiro atoms. The average Bonchev–Trinajstić information content (AvgIpc) is 3.50. The normalized spacial score (nSPS) is 15.3. The number of rotatable bonds is 6. The van der Waals surface area contributed by atoms with Crippen LogP contribution in [0.5, 0.6) is 0 Å². The summed E-state index contributed by atoms with van der Waals surface area (Å²) in [5.41, 5.74) is 2.59. The molecule has 10 nitrogen and oxygen atoms in total. The van der Waals surface area contributed by atoms with Gasteiger partial charge in [-0.3, -0.25) is 9.36 Å². The van der Waals surface area contributed by atoms with Gasteiger partial charge in [0.25, 0.3) is 5.56 Å². The summed E-state index contributed by atoms with van der Waals surface area (Å²) in [6.45, 7) is 3.70. The Balaban J connectivity index is 1.57. The third-order valence-electron chi connectivity index (χ3n) is 5.80. The number of carbonyl (C=O) groups excluding carboxylic acids is 1. The Morgan fingerprint density at radius 3 is 2.51 bits per heavy atom. The van der Waals surface area contributed by atoms with Crippen molar-refractivity contribution in [2.24, 2.45) is 4.99 Å². The van der Waals surface area contributed by atoms with Crippen LogP contribution in [-0.2, 0) is 9.53 Å². The SMILES string of the molecule is CCOC(=O)C1=C(C)N=c2s/c(=C\c3ccc(-n4cc(C(=O)O)nn4)cc3)c(=O)n2C1c1ccccc1. The fourth-order valence-corrected chi connectivity index (χ4v) is 5.15. The van der Waals surface area contributed by atoms with Crippen molar-refractivity contribution in [2.75, 3.05) is 6.61 Å². The maximum absolute atomic E-state index is 13.6. The van der Waals surface area contributed by atoms with Crippen molar-refractivity contribution in [3.05, 3.63) is 109 Å². The molecule has 0 aliphatic carbocycles. The molecule has 0 radical (unpaired) electrons. The van der Waals surface area contributed by atoms with Crippen molar-refractivity contribution in [1.29, 1.82) is 0 Å². The number of hydrogen-bond donors (Lipinski definition) is 1. The van der Waals surface area contributed by atoms with Gasteiger partial charge < -0.3 is 9.84 Å². The van der Waals surface area contributed by atoms with E-state index < -0.39 is 18.0 Å². The third kappa shape index (κ3) is 4.52. The standard InChI is InChI=1S/C26H21N5O5S/c1-3-36-25(35)21-15(2)27-26-31(22(21)17-7-5-4-6-8-17)23(32)20(37-26)13-16-9-11-18(12-10-16)30-14-19(24(33)34)28-29-30/h4-14,22H,3H2,1-2H3,(H,33,34)/b20-13-. The summed E-state index contributed by atoms with van der Waals surface area (Å²) in [7, 11) is 0. The summed E-state index contributed by atoms with van der Waals surface area (Å²) in [5, 5.41) is 16.5. The predicted molar refractivity (Wildman–Crippen MR) is 135 cm³/mol. The Bertz CT molecular complexity index is 1720. The average molecular weight is 516 g/mol. The molecule has 1 N–H and O–H groups in total. The molecule has 0 bridgehead atoms. The monoisotopic (exact) mass is 515 g/mol. The van der Waals surface area contributed by atoms with Gasteiger partial charge in [-0.05, 0) is 43.2 Å². The van der Waals surface area contributed by atoms with Crippen molar-refractivity contribution in [3.8, 4) is 5.69 Å². The van der Waals surface area contributed by atoms with Gasteiger partial charge in [0.2, 0.25) is 0 Å². The van der Waals surface area contributed by atoms with Crippen LogP contribution < -0.4 is 14.9 Å². The number of nitrogens with zero attached hydrogens (tertiary/aromatic N) is 5. The lowest BCUT2D eigenvalue weighted by molar-refractivity contribution is -0.139. The number of thiazole rings is 1. The molecule has 0 saturated heterocycles. The molecule has 4 aromatic rings.